The fraction of sp³-hybridized carbons (Fsp3) is 0.353. The highest BCUT2D eigenvalue weighted by molar-refractivity contribution is 5.37. The number of aromatic nitrogens is 1. The summed E-state index contributed by atoms with van der Waals surface area (Å²) in [7, 11) is 0. The van der Waals surface area contributed by atoms with Gasteiger partial charge in [0.05, 0.1) is 6.04 Å². The van der Waals surface area contributed by atoms with Gasteiger partial charge in [-0.25, -0.2) is 4.39 Å². The second-order valence-corrected chi connectivity index (χ2v) is 5.12. The zero-order valence-corrected chi connectivity index (χ0v) is 12.3. The number of hydrogen-bond acceptors (Lipinski definition) is 2. The van der Waals surface area contributed by atoms with Crippen LogP contribution in [0.1, 0.15) is 41.8 Å². The third kappa shape index (κ3) is 3.42. The molecule has 2 rings (SSSR count). The van der Waals surface area contributed by atoms with Gasteiger partial charge in [-0.3, -0.25) is 4.98 Å². The minimum absolute atomic E-state index is 0.0808. The molecule has 0 saturated carbocycles. The largest absolute Gasteiger partial charge is 0.306 e. The molecule has 1 unspecified atom stereocenters. The molecule has 0 aliphatic rings. The topological polar surface area (TPSA) is 24.9 Å². The van der Waals surface area contributed by atoms with Crippen molar-refractivity contribution < 1.29 is 4.39 Å². The first-order chi connectivity index (χ1) is 9.61. The van der Waals surface area contributed by atoms with Crippen LogP contribution in [0.25, 0.3) is 0 Å². The number of halogens is 1. The van der Waals surface area contributed by atoms with Gasteiger partial charge in [-0.15, -0.1) is 0 Å². The SMILES string of the molecule is CCCNC(c1ccnc(C)c1)c1ccc(F)cc1C. The maximum Gasteiger partial charge on any atom is 0.123 e. The number of nitrogens with one attached hydrogen (secondary N) is 1. The van der Waals surface area contributed by atoms with Crippen LogP contribution >= 0.6 is 0 Å². The lowest BCUT2D eigenvalue weighted by Gasteiger charge is -2.21. The van der Waals surface area contributed by atoms with E-state index in [1.54, 1.807) is 6.07 Å². The minimum Gasteiger partial charge on any atom is -0.306 e. The van der Waals surface area contributed by atoms with Gasteiger partial charge in [-0.1, -0.05) is 13.0 Å². The van der Waals surface area contributed by atoms with Crippen molar-refractivity contribution >= 4 is 0 Å². The minimum atomic E-state index is -0.189. The number of rotatable bonds is 5. The Bertz CT molecular complexity index is 581. The molecule has 0 aliphatic heterocycles. The molecule has 1 atom stereocenters. The molecule has 0 radical (unpaired) electrons. The van der Waals surface area contributed by atoms with Gasteiger partial charge in [-0.05, 0) is 67.8 Å². The number of nitrogens with zero attached hydrogens (tertiary/aromatic N) is 1. The molecular formula is C17H21FN2. The number of benzene rings is 1. The highest BCUT2D eigenvalue weighted by Gasteiger charge is 2.16. The normalized spacial score (nSPS) is 12.4. The Hall–Kier alpha value is -1.74. The average Bonchev–Trinajstić information content (AvgIpc) is 2.41. The van der Waals surface area contributed by atoms with Crippen molar-refractivity contribution in [1.82, 2.24) is 10.3 Å². The van der Waals surface area contributed by atoms with Crippen molar-refractivity contribution in [2.75, 3.05) is 6.54 Å². The summed E-state index contributed by atoms with van der Waals surface area (Å²) in [5.74, 6) is -0.189. The molecule has 1 heterocycles. The summed E-state index contributed by atoms with van der Waals surface area (Å²) in [5.41, 5.74) is 4.24. The van der Waals surface area contributed by atoms with Gasteiger partial charge in [0.25, 0.3) is 0 Å². The first-order valence-electron chi connectivity index (χ1n) is 7.03. The fourth-order valence-corrected chi connectivity index (χ4v) is 2.41. The van der Waals surface area contributed by atoms with E-state index in [0.29, 0.717) is 0 Å². The van der Waals surface area contributed by atoms with Crippen molar-refractivity contribution in [3.05, 3.63) is 64.7 Å². The Balaban J connectivity index is 2.41. The lowest BCUT2D eigenvalue weighted by molar-refractivity contribution is 0.589. The third-order valence-corrected chi connectivity index (χ3v) is 3.40. The van der Waals surface area contributed by atoms with Crippen LogP contribution in [0.15, 0.2) is 36.5 Å². The average molecular weight is 272 g/mol. The molecule has 2 nitrogen and oxygen atoms in total. The summed E-state index contributed by atoms with van der Waals surface area (Å²) in [6.45, 7) is 6.99. The molecule has 2 aromatic rings. The highest BCUT2D eigenvalue weighted by atomic mass is 19.1. The summed E-state index contributed by atoms with van der Waals surface area (Å²) in [6, 6.07) is 9.16. The lowest BCUT2D eigenvalue weighted by Crippen LogP contribution is -2.24. The molecule has 1 aromatic heterocycles. The monoisotopic (exact) mass is 272 g/mol. The highest BCUT2D eigenvalue weighted by Crippen LogP contribution is 2.25. The first kappa shape index (κ1) is 14.7. The van der Waals surface area contributed by atoms with Crippen molar-refractivity contribution in [1.29, 1.82) is 0 Å². The van der Waals surface area contributed by atoms with E-state index in [1.165, 1.54) is 11.6 Å². The van der Waals surface area contributed by atoms with Crippen LogP contribution in [0.5, 0.6) is 0 Å². The summed E-state index contributed by atoms with van der Waals surface area (Å²) in [6.07, 6.45) is 2.88. The van der Waals surface area contributed by atoms with Gasteiger partial charge in [0.1, 0.15) is 5.82 Å². The molecule has 0 amide bonds. The number of aryl methyl sites for hydroxylation is 2. The Morgan fingerprint density at radius 1 is 1.20 bits per heavy atom. The van der Waals surface area contributed by atoms with E-state index in [1.807, 2.05) is 32.2 Å². The molecule has 0 spiro atoms. The van der Waals surface area contributed by atoms with Crippen LogP contribution in [-0.4, -0.2) is 11.5 Å². The molecule has 0 aliphatic carbocycles. The molecule has 20 heavy (non-hydrogen) atoms. The Morgan fingerprint density at radius 3 is 2.65 bits per heavy atom. The second-order valence-electron chi connectivity index (χ2n) is 5.12. The Kier molecular flexibility index (Phi) is 4.85. The van der Waals surface area contributed by atoms with Gasteiger partial charge in [-0.2, -0.15) is 0 Å². The van der Waals surface area contributed by atoms with Crippen LogP contribution < -0.4 is 5.32 Å². The molecule has 3 heteroatoms. The number of hydrogen-bond donors (Lipinski definition) is 1. The summed E-state index contributed by atoms with van der Waals surface area (Å²) < 4.78 is 13.3. The van der Waals surface area contributed by atoms with Crippen LogP contribution in [0.3, 0.4) is 0 Å². The van der Waals surface area contributed by atoms with Gasteiger partial charge in [0.2, 0.25) is 0 Å². The second kappa shape index (κ2) is 6.62. The van der Waals surface area contributed by atoms with Crippen LogP contribution in [0, 0.1) is 19.7 Å². The van der Waals surface area contributed by atoms with E-state index in [0.717, 1.165) is 29.8 Å². The molecule has 0 saturated heterocycles. The Labute approximate surface area is 120 Å². The summed E-state index contributed by atoms with van der Waals surface area (Å²) in [5, 5.41) is 3.54. The van der Waals surface area contributed by atoms with Crippen molar-refractivity contribution in [3.63, 3.8) is 0 Å². The maximum atomic E-state index is 13.3. The van der Waals surface area contributed by atoms with Gasteiger partial charge >= 0.3 is 0 Å². The zero-order chi connectivity index (χ0) is 14.5. The number of pyridine rings is 1. The molecular weight excluding hydrogens is 251 g/mol. The Morgan fingerprint density at radius 2 is 2.00 bits per heavy atom. The van der Waals surface area contributed by atoms with Gasteiger partial charge in [0, 0.05) is 11.9 Å². The summed E-state index contributed by atoms with van der Waals surface area (Å²) in [4.78, 5) is 4.24. The van der Waals surface area contributed by atoms with Crippen LogP contribution in [-0.2, 0) is 0 Å². The predicted octanol–water partition coefficient (Wildman–Crippen LogP) is 3.93. The van der Waals surface area contributed by atoms with Crippen molar-refractivity contribution in [2.24, 2.45) is 0 Å². The smallest absolute Gasteiger partial charge is 0.123 e. The van der Waals surface area contributed by atoms with Gasteiger partial charge < -0.3 is 5.32 Å². The van der Waals surface area contributed by atoms with Crippen LogP contribution in [0.2, 0.25) is 0 Å². The predicted molar refractivity (Wildman–Crippen MR) is 80.2 cm³/mol. The van der Waals surface area contributed by atoms with E-state index in [-0.39, 0.29) is 11.9 Å². The molecule has 1 aromatic carbocycles. The first-order valence-corrected chi connectivity index (χ1v) is 7.03. The van der Waals surface area contributed by atoms with E-state index >= 15 is 0 Å². The van der Waals surface area contributed by atoms with E-state index in [2.05, 4.69) is 23.3 Å². The van der Waals surface area contributed by atoms with E-state index in [4.69, 9.17) is 0 Å². The van der Waals surface area contributed by atoms with Crippen molar-refractivity contribution in [3.8, 4) is 0 Å². The van der Waals surface area contributed by atoms with E-state index in [9.17, 15) is 4.39 Å². The zero-order valence-electron chi connectivity index (χ0n) is 12.3. The van der Waals surface area contributed by atoms with Gasteiger partial charge in [0.15, 0.2) is 0 Å². The molecule has 0 bridgehead atoms. The quantitative estimate of drug-likeness (QED) is 0.892. The fourth-order valence-electron chi connectivity index (χ4n) is 2.41. The van der Waals surface area contributed by atoms with Crippen LogP contribution in [0.4, 0.5) is 4.39 Å². The molecule has 106 valence electrons. The standard InChI is InChI=1S/C17H21FN2/c1-4-8-20-17(14-7-9-19-13(3)11-14)16-6-5-15(18)10-12(16)2/h5-7,9-11,17,20H,4,8H2,1-3H3. The maximum absolute atomic E-state index is 13.3. The third-order valence-electron chi connectivity index (χ3n) is 3.40. The lowest BCUT2D eigenvalue weighted by atomic mass is 9.95. The van der Waals surface area contributed by atoms with Crippen molar-refractivity contribution in [2.45, 2.75) is 33.2 Å². The molecule has 0 fully saturated rings. The molecule has 1 N–H and O–H groups in total. The van der Waals surface area contributed by atoms with E-state index < -0.39 is 0 Å². The summed E-state index contributed by atoms with van der Waals surface area (Å²) >= 11 is 0.